The standard InChI is InChI=1S/C24H23FN6O4S/c1-35-24-28-11-15(12-29-24)14-9-18-19(13-27-23(18)26-10-14)22(32)17-7-4-8-20(21(17)25)31-36(33,34)30-16-5-2-3-6-16/h4,7-13,16,30-31H,2-3,5-6H2,1H3,(H,26,27). The summed E-state index contributed by atoms with van der Waals surface area (Å²) < 4.78 is 50.1. The molecule has 0 amide bonds. The van der Waals surface area contributed by atoms with Gasteiger partial charge in [-0.3, -0.25) is 9.52 Å². The third kappa shape index (κ3) is 4.77. The summed E-state index contributed by atoms with van der Waals surface area (Å²) in [7, 11) is -2.54. The first-order chi connectivity index (χ1) is 17.3. The summed E-state index contributed by atoms with van der Waals surface area (Å²) in [5.74, 6) is -1.57. The molecule has 0 aliphatic heterocycles. The SMILES string of the molecule is COc1ncc(-c2cnc3[nH]cc(C(=O)c4cccc(NS(=O)(=O)NC5CCCC5)c4F)c3c2)cn1. The quantitative estimate of drug-likeness (QED) is 0.308. The van der Waals surface area contributed by atoms with Gasteiger partial charge in [0.1, 0.15) is 5.65 Å². The molecule has 0 spiro atoms. The van der Waals surface area contributed by atoms with Crippen molar-refractivity contribution in [1.29, 1.82) is 0 Å². The fourth-order valence-corrected chi connectivity index (χ4v) is 5.47. The average molecular weight is 511 g/mol. The molecule has 1 fully saturated rings. The molecule has 0 atom stereocenters. The molecular formula is C24H23FN6O4S. The van der Waals surface area contributed by atoms with Gasteiger partial charge in [-0.25, -0.2) is 19.3 Å². The van der Waals surface area contributed by atoms with Crippen molar-refractivity contribution in [2.24, 2.45) is 0 Å². The van der Waals surface area contributed by atoms with E-state index in [0.29, 0.717) is 22.2 Å². The van der Waals surface area contributed by atoms with Crippen LogP contribution in [0.1, 0.15) is 41.6 Å². The first-order valence-electron chi connectivity index (χ1n) is 11.3. The molecule has 186 valence electrons. The number of carbonyl (C=O) groups is 1. The normalized spacial score (nSPS) is 14.3. The molecule has 3 aromatic heterocycles. The molecule has 4 aromatic rings. The highest BCUT2D eigenvalue weighted by atomic mass is 32.2. The Morgan fingerprint density at radius 2 is 1.81 bits per heavy atom. The number of nitrogens with zero attached hydrogens (tertiary/aromatic N) is 3. The summed E-state index contributed by atoms with van der Waals surface area (Å²) in [5, 5.41) is 0.474. The summed E-state index contributed by atoms with van der Waals surface area (Å²) in [6, 6.07) is 5.78. The monoisotopic (exact) mass is 510 g/mol. The summed E-state index contributed by atoms with van der Waals surface area (Å²) in [6.45, 7) is 0. The van der Waals surface area contributed by atoms with Crippen LogP contribution in [0.4, 0.5) is 10.1 Å². The molecule has 3 heterocycles. The molecule has 1 aliphatic rings. The maximum atomic E-state index is 15.3. The minimum atomic E-state index is -4.00. The molecule has 1 aliphatic carbocycles. The number of pyridine rings is 1. The van der Waals surface area contributed by atoms with Crippen molar-refractivity contribution >= 4 is 32.7 Å². The Kier molecular flexibility index (Phi) is 6.37. The number of hydrogen-bond acceptors (Lipinski definition) is 7. The van der Waals surface area contributed by atoms with Crippen molar-refractivity contribution in [3.8, 4) is 17.1 Å². The number of hydrogen-bond donors (Lipinski definition) is 3. The Morgan fingerprint density at radius 1 is 1.08 bits per heavy atom. The first-order valence-corrected chi connectivity index (χ1v) is 12.8. The zero-order chi connectivity index (χ0) is 25.3. The van der Waals surface area contributed by atoms with Crippen molar-refractivity contribution < 1.29 is 22.3 Å². The molecule has 3 N–H and O–H groups in total. The fraction of sp³-hybridized carbons (Fsp3) is 0.250. The number of benzene rings is 1. The molecule has 36 heavy (non-hydrogen) atoms. The van der Waals surface area contributed by atoms with Crippen LogP contribution >= 0.6 is 0 Å². The molecule has 12 heteroatoms. The van der Waals surface area contributed by atoms with Crippen LogP contribution in [-0.2, 0) is 10.2 Å². The van der Waals surface area contributed by atoms with Crippen LogP contribution in [-0.4, -0.2) is 47.3 Å². The summed E-state index contributed by atoms with van der Waals surface area (Å²) >= 11 is 0. The van der Waals surface area contributed by atoms with E-state index in [1.54, 1.807) is 24.7 Å². The van der Waals surface area contributed by atoms with Gasteiger partial charge in [0, 0.05) is 52.9 Å². The summed E-state index contributed by atoms with van der Waals surface area (Å²) in [6.07, 6.45) is 9.55. The van der Waals surface area contributed by atoms with E-state index in [9.17, 15) is 13.2 Å². The van der Waals surface area contributed by atoms with Crippen LogP contribution < -0.4 is 14.2 Å². The Balaban J connectivity index is 1.44. The van der Waals surface area contributed by atoms with Crippen molar-refractivity contribution in [2.45, 2.75) is 31.7 Å². The van der Waals surface area contributed by atoms with Crippen molar-refractivity contribution in [3.63, 3.8) is 0 Å². The van der Waals surface area contributed by atoms with Crippen LogP contribution in [0.3, 0.4) is 0 Å². The molecule has 5 rings (SSSR count). The van der Waals surface area contributed by atoms with E-state index in [4.69, 9.17) is 4.74 Å². The molecule has 10 nitrogen and oxygen atoms in total. The van der Waals surface area contributed by atoms with E-state index in [-0.39, 0.29) is 28.9 Å². The lowest BCUT2D eigenvalue weighted by Gasteiger charge is -2.15. The van der Waals surface area contributed by atoms with Gasteiger partial charge < -0.3 is 9.72 Å². The third-order valence-electron chi connectivity index (χ3n) is 6.08. The lowest BCUT2D eigenvalue weighted by Crippen LogP contribution is -2.37. The van der Waals surface area contributed by atoms with Gasteiger partial charge in [-0.2, -0.15) is 13.1 Å². The Labute approximate surface area is 206 Å². The van der Waals surface area contributed by atoms with E-state index < -0.39 is 21.8 Å². The molecule has 1 aromatic carbocycles. The van der Waals surface area contributed by atoms with Crippen molar-refractivity contribution in [1.82, 2.24) is 24.7 Å². The number of halogens is 1. The minimum Gasteiger partial charge on any atom is -0.467 e. The fourth-order valence-electron chi connectivity index (χ4n) is 4.29. The van der Waals surface area contributed by atoms with Gasteiger partial charge in [-0.1, -0.05) is 18.9 Å². The maximum absolute atomic E-state index is 15.3. The topological polar surface area (TPSA) is 139 Å². The molecule has 0 saturated heterocycles. The maximum Gasteiger partial charge on any atom is 0.316 e. The minimum absolute atomic E-state index is 0.181. The molecule has 0 unspecified atom stereocenters. The van der Waals surface area contributed by atoms with E-state index >= 15 is 4.39 Å². The van der Waals surface area contributed by atoms with E-state index in [1.165, 1.54) is 31.5 Å². The first kappa shape index (κ1) is 23.8. The summed E-state index contributed by atoms with van der Waals surface area (Å²) in [4.78, 5) is 28.8. The predicted octanol–water partition coefficient (Wildman–Crippen LogP) is 3.59. The van der Waals surface area contributed by atoms with Crippen molar-refractivity contribution in [3.05, 3.63) is 66.0 Å². The number of nitrogens with one attached hydrogen (secondary N) is 3. The zero-order valence-electron chi connectivity index (χ0n) is 19.3. The van der Waals surface area contributed by atoms with Gasteiger partial charge in [0.25, 0.3) is 10.2 Å². The van der Waals surface area contributed by atoms with Crippen molar-refractivity contribution in [2.75, 3.05) is 11.8 Å². The van der Waals surface area contributed by atoms with E-state index in [1.807, 2.05) is 0 Å². The second-order valence-corrected chi connectivity index (χ2v) is 9.93. The number of aromatic nitrogens is 4. The van der Waals surface area contributed by atoms with Crippen LogP contribution in [0.25, 0.3) is 22.2 Å². The number of H-pyrrole nitrogens is 1. The van der Waals surface area contributed by atoms with Crippen LogP contribution in [0, 0.1) is 5.82 Å². The van der Waals surface area contributed by atoms with E-state index in [0.717, 1.165) is 25.7 Å². The molecule has 0 radical (unpaired) electrons. The smallest absolute Gasteiger partial charge is 0.316 e. The highest BCUT2D eigenvalue weighted by Gasteiger charge is 2.25. The molecule has 1 saturated carbocycles. The van der Waals surface area contributed by atoms with Crippen LogP contribution in [0.5, 0.6) is 6.01 Å². The molecular weight excluding hydrogens is 487 g/mol. The number of ether oxygens (including phenoxy) is 1. The summed E-state index contributed by atoms with van der Waals surface area (Å²) in [5.41, 5.74) is 1.36. The number of rotatable bonds is 8. The number of methoxy groups -OCH3 is 1. The number of fused-ring (bicyclic) bond motifs is 1. The number of anilines is 1. The van der Waals surface area contributed by atoms with Gasteiger partial charge in [-0.05, 0) is 31.0 Å². The number of aromatic amines is 1. The van der Waals surface area contributed by atoms with Gasteiger partial charge in [-0.15, -0.1) is 0 Å². The van der Waals surface area contributed by atoms with E-state index in [2.05, 4.69) is 29.4 Å². The highest BCUT2D eigenvalue weighted by Crippen LogP contribution is 2.28. The van der Waals surface area contributed by atoms with Gasteiger partial charge in [0.2, 0.25) is 0 Å². The largest absolute Gasteiger partial charge is 0.467 e. The Bertz CT molecular complexity index is 1530. The lowest BCUT2D eigenvalue weighted by atomic mass is 10.0. The van der Waals surface area contributed by atoms with Crippen LogP contribution in [0.2, 0.25) is 0 Å². The Hall–Kier alpha value is -3.90. The predicted molar refractivity (Wildman–Crippen MR) is 131 cm³/mol. The third-order valence-corrected chi connectivity index (χ3v) is 7.22. The van der Waals surface area contributed by atoms with Gasteiger partial charge >= 0.3 is 6.01 Å². The van der Waals surface area contributed by atoms with Gasteiger partial charge in [0.15, 0.2) is 11.6 Å². The lowest BCUT2D eigenvalue weighted by molar-refractivity contribution is 0.103. The van der Waals surface area contributed by atoms with Crippen LogP contribution in [0.15, 0.2) is 49.1 Å². The molecule has 0 bridgehead atoms. The van der Waals surface area contributed by atoms with Gasteiger partial charge in [0.05, 0.1) is 18.4 Å². The highest BCUT2D eigenvalue weighted by molar-refractivity contribution is 7.90. The zero-order valence-corrected chi connectivity index (χ0v) is 20.1. The second kappa shape index (κ2) is 9.63. The second-order valence-electron chi connectivity index (χ2n) is 8.48. The Morgan fingerprint density at radius 3 is 2.53 bits per heavy atom. The average Bonchev–Trinajstić information content (AvgIpc) is 3.54. The number of carbonyl (C=O) groups excluding carboxylic acids is 1. The number of ketones is 1.